The number of benzene rings is 6. The van der Waals surface area contributed by atoms with Gasteiger partial charge in [0, 0.05) is 16.7 Å². The van der Waals surface area contributed by atoms with Crippen molar-refractivity contribution in [1.82, 2.24) is 0 Å². The van der Waals surface area contributed by atoms with Gasteiger partial charge in [0.05, 0.1) is 28.4 Å². The minimum absolute atomic E-state index is 0.000999. The van der Waals surface area contributed by atoms with Crippen LogP contribution in [0, 0.1) is 0 Å². The molecule has 3 aliphatic heterocycles. The van der Waals surface area contributed by atoms with Crippen molar-refractivity contribution in [3.05, 3.63) is 139 Å². The van der Waals surface area contributed by atoms with E-state index in [1.165, 1.54) is 16.6 Å². The first-order valence-corrected chi connectivity index (χ1v) is 17.4. The SMILES string of the molecule is CC1(C)CCC(C)(C)c2c1cc1c3c2Oc2c(cccc2N2c4ccccc4N(c4ccccc4)c4ccccc42)B3c2ccccc2O1. The molecule has 6 aromatic rings. The molecule has 10 rings (SSSR count). The monoisotopic (exact) mass is 636 g/mol. The van der Waals surface area contributed by atoms with Crippen molar-refractivity contribution >= 4 is 57.2 Å². The number of anilines is 6. The molecule has 5 heteroatoms. The molecule has 6 aromatic carbocycles. The predicted molar refractivity (Wildman–Crippen MR) is 202 cm³/mol. The van der Waals surface area contributed by atoms with Crippen molar-refractivity contribution in [2.24, 2.45) is 0 Å². The summed E-state index contributed by atoms with van der Waals surface area (Å²) < 4.78 is 14.2. The maximum absolute atomic E-state index is 7.46. The molecule has 0 amide bonds. The van der Waals surface area contributed by atoms with Gasteiger partial charge in [0.25, 0.3) is 6.71 Å². The highest BCUT2D eigenvalue weighted by atomic mass is 16.5. The second-order valence-electron chi connectivity index (χ2n) is 15.2. The third-order valence-electron chi connectivity index (χ3n) is 11.3. The smallest absolute Gasteiger partial charge is 0.260 e. The maximum atomic E-state index is 7.46. The molecule has 0 atom stereocenters. The van der Waals surface area contributed by atoms with E-state index in [0.29, 0.717) is 0 Å². The van der Waals surface area contributed by atoms with Crippen LogP contribution < -0.4 is 35.7 Å². The molecule has 0 bridgehead atoms. The first-order chi connectivity index (χ1) is 23.8. The summed E-state index contributed by atoms with van der Waals surface area (Å²) in [4.78, 5) is 4.78. The van der Waals surface area contributed by atoms with Gasteiger partial charge in [-0.1, -0.05) is 100 Å². The Balaban J connectivity index is 1.26. The van der Waals surface area contributed by atoms with Crippen LogP contribution in [0.5, 0.6) is 23.0 Å². The van der Waals surface area contributed by atoms with E-state index in [4.69, 9.17) is 9.47 Å². The molecular weight excluding hydrogens is 599 g/mol. The average molecular weight is 637 g/mol. The number of ether oxygens (including phenoxy) is 2. The molecule has 0 aromatic heterocycles. The van der Waals surface area contributed by atoms with Crippen LogP contribution in [0.1, 0.15) is 51.7 Å². The van der Waals surface area contributed by atoms with Gasteiger partial charge in [0.2, 0.25) is 0 Å². The number of hydrogen-bond donors (Lipinski definition) is 0. The Morgan fingerprint density at radius 3 is 1.80 bits per heavy atom. The van der Waals surface area contributed by atoms with E-state index in [2.05, 4.69) is 165 Å². The van der Waals surface area contributed by atoms with Gasteiger partial charge in [-0.15, -0.1) is 0 Å². The van der Waals surface area contributed by atoms with E-state index in [1.807, 2.05) is 0 Å². The van der Waals surface area contributed by atoms with Crippen molar-refractivity contribution in [2.45, 2.75) is 51.4 Å². The minimum atomic E-state index is -0.0519. The van der Waals surface area contributed by atoms with Crippen molar-refractivity contribution in [3.8, 4) is 23.0 Å². The van der Waals surface area contributed by atoms with Crippen molar-refractivity contribution < 1.29 is 9.47 Å². The lowest BCUT2D eigenvalue weighted by Crippen LogP contribution is -2.58. The van der Waals surface area contributed by atoms with Crippen LogP contribution in [-0.4, -0.2) is 6.71 Å². The van der Waals surface area contributed by atoms with Crippen molar-refractivity contribution in [2.75, 3.05) is 9.80 Å². The minimum Gasteiger partial charge on any atom is -0.458 e. The summed E-state index contributed by atoms with van der Waals surface area (Å²) in [6.45, 7) is 9.50. The lowest BCUT2D eigenvalue weighted by Gasteiger charge is -2.46. The van der Waals surface area contributed by atoms with Gasteiger partial charge in [0.1, 0.15) is 23.0 Å². The summed E-state index contributed by atoms with van der Waals surface area (Å²) in [6.07, 6.45) is 2.22. The normalized spacial score (nSPS) is 16.9. The molecule has 0 saturated heterocycles. The van der Waals surface area contributed by atoms with Crippen LogP contribution in [0.4, 0.5) is 34.1 Å². The summed E-state index contributed by atoms with van der Waals surface area (Å²) in [7, 11) is 0. The second kappa shape index (κ2) is 10.1. The summed E-state index contributed by atoms with van der Waals surface area (Å²) in [5, 5.41) is 0. The fourth-order valence-corrected chi connectivity index (χ4v) is 8.83. The Hall–Kier alpha value is -5.42. The second-order valence-corrected chi connectivity index (χ2v) is 15.2. The quantitative estimate of drug-likeness (QED) is 0.176. The highest BCUT2D eigenvalue weighted by Crippen LogP contribution is 2.57. The number of nitrogens with zero attached hydrogens (tertiary/aromatic N) is 2. The van der Waals surface area contributed by atoms with Crippen LogP contribution >= 0.6 is 0 Å². The summed E-state index contributed by atoms with van der Waals surface area (Å²) in [5.41, 5.74) is 12.7. The van der Waals surface area contributed by atoms with Crippen molar-refractivity contribution in [1.29, 1.82) is 0 Å². The fourth-order valence-electron chi connectivity index (χ4n) is 8.83. The van der Waals surface area contributed by atoms with Gasteiger partial charge >= 0.3 is 0 Å². The zero-order chi connectivity index (χ0) is 33.1. The summed E-state index contributed by atoms with van der Waals surface area (Å²) in [5.74, 6) is 3.73. The van der Waals surface area contributed by atoms with Crippen LogP contribution in [0.3, 0.4) is 0 Å². The van der Waals surface area contributed by atoms with E-state index in [-0.39, 0.29) is 17.5 Å². The zero-order valence-electron chi connectivity index (χ0n) is 28.3. The largest absolute Gasteiger partial charge is 0.458 e. The van der Waals surface area contributed by atoms with Crippen molar-refractivity contribution in [3.63, 3.8) is 0 Å². The standard InChI is InChI=1S/C44H37BN2O2/c1-43(2)25-26-44(3,4)39-29(43)27-38-40-42(39)49-41-31(45(40)30-17-8-13-24-37(30)48-38)18-14-23-36(41)47-34-21-11-9-19-32(34)46(28-15-6-5-7-16-28)33-20-10-12-22-35(33)47/h5-24,27H,25-26H2,1-4H3. The molecule has 0 spiro atoms. The molecule has 1 aliphatic carbocycles. The van der Waals surface area contributed by atoms with Crippen LogP contribution in [0.25, 0.3) is 0 Å². The molecule has 0 N–H and O–H groups in total. The van der Waals surface area contributed by atoms with E-state index >= 15 is 0 Å². The van der Waals surface area contributed by atoms with E-state index in [9.17, 15) is 0 Å². The average Bonchev–Trinajstić information content (AvgIpc) is 3.12. The van der Waals surface area contributed by atoms with Gasteiger partial charge < -0.3 is 19.3 Å². The Morgan fingerprint density at radius 2 is 1.08 bits per heavy atom. The molecule has 0 fully saturated rings. The van der Waals surface area contributed by atoms with Gasteiger partial charge in [-0.2, -0.15) is 0 Å². The van der Waals surface area contributed by atoms with E-state index in [1.54, 1.807) is 0 Å². The van der Waals surface area contributed by atoms with Crippen LogP contribution in [0.2, 0.25) is 0 Å². The Bertz CT molecular complexity index is 2280. The first kappa shape index (κ1) is 28.6. The predicted octanol–water partition coefficient (Wildman–Crippen LogP) is 10.0. The molecule has 238 valence electrons. The number of fused-ring (bicyclic) bond motifs is 8. The van der Waals surface area contributed by atoms with E-state index < -0.39 is 0 Å². The Labute approximate surface area is 288 Å². The highest BCUT2D eigenvalue weighted by Gasteiger charge is 2.48. The van der Waals surface area contributed by atoms with Gasteiger partial charge in [-0.3, -0.25) is 0 Å². The molecule has 0 saturated carbocycles. The number of rotatable bonds is 2. The maximum Gasteiger partial charge on any atom is 0.260 e. The van der Waals surface area contributed by atoms with Gasteiger partial charge in [0.15, 0.2) is 0 Å². The third kappa shape index (κ3) is 3.99. The number of para-hydroxylation sites is 7. The van der Waals surface area contributed by atoms with Crippen LogP contribution in [0.15, 0.2) is 127 Å². The molecule has 49 heavy (non-hydrogen) atoms. The molecule has 0 radical (unpaired) electrons. The molecule has 0 unspecified atom stereocenters. The summed E-state index contributed by atoms with van der Waals surface area (Å²) in [6, 6.07) is 45.6. The molecule has 4 nitrogen and oxygen atoms in total. The highest BCUT2D eigenvalue weighted by molar-refractivity contribution is 6.98. The first-order valence-electron chi connectivity index (χ1n) is 17.4. The van der Waals surface area contributed by atoms with E-state index in [0.717, 1.165) is 80.9 Å². The zero-order valence-corrected chi connectivity index (χ0v) is 28.3. The fraction of sp³-hybridized carbons (Fsp3) is 0.182. The lowest BCUT2D eigenvalue weighted by molar-refractivity contribution is 0.318. The van der Waals surface area contributed by atoms with Gasteiger partial charge in [-0.05, 0) is 94.8 Å². The lowest BCUT2D eigenvalue weighted by atomic mass is 9.34. The topological polar surface area (TPSA) is 24.9 Å². The number of hydrogen-bond acceptors (Lipinski definition) is 4. The molecule has 4 aliphatic rings. The molecule has 3 heterocycles. The Morgan fingerprint density at radius 1 is 0.510 bits per heavy atom. The third-order valence-corrected chi connectivity index (χ3v) is 11.3. The van der Waals surface area contributed by atoms with Crippen LogP contribution in [-0.2, 0) is 10.8 Å². The molecular formula is C44H37BN2O2. The summed E-state index contributed by atoms with van der Waals surface area (Å²) >= 11 is 0. The Kier molecular flexibility index (Phi) is 5.86. The van der Waals surface area contributed by atoms with Gasteiger partial charge in [-0.25, -0.2) is 0 Å².